The first kappa shape index (κ1) is 23.9. The molecule has 4 rings (SSSR count). The maximum atomic E-state index is 13.7. The summed E-state index contributed by atoms with van der Waals surface area (Å²) < 4.78 is 81.2. The lowest BCUT2D eigenvalue weighted by Crippen LogP contribution is -2.47. The number of hydrogen-bond acceptors (Lipinski definition) is 5. The highest BCUT2D eigenvalue weighted by Crippen LogP contribution is 2.38. The maximum absolute atomic E-state index is 13.7. The Balaban J connectivity index is 1.87. The molecule has 3 aromatic rings. The van der Waals surface area contributed by atoms with Gasteiger partial charge in [0.1, 0.15) is 24.0 Å². The molecule has 1 aromatic carbocycles. The molecule has 1 aliphatic rings. The molecule has 2 aromatic heterocycles. The number of aromatic nitrogens is 3. The minimum atomic E-state index is -4.78. The van der Waals surface area contributed by atoms with E-state index < -0.39 is 42.4 Å². The van der Waals surface area contributed by atoms with Gasteiger partial charge in [-0.15, -0.1) is 0 Å². The van der Waals surface area contributed by atoms with E-state index in [0.29, 0.717) is 23.0 Å². The molecule has 0 bridgehead atoms. The monoisotopic (exact) mass is 514 g/mol. The average Bonchev–Trinajstić information content (AvgIpc) is 3.34. The molecule has 0 spiro atoms. The van der Waals surface area contributed by atoms with Gasteiger partial charge in [-0.25, -0.2) is 14.4 Å². The van der Waals surface area contributed by atoms with Crippen LogP contribution in [0.15, 0.2) is 66.2 Å². The summed E-state index contributed by atoms with van der Waals surface area (Å²) >= 11 is 5.65. The maximum Gasteiger partial charge on any atom is 0.418 e. The summed E-state index contributed by atoms with van der Waals surface area (Å²) in [7, 11) is -2.80. The van der Waals surface area contributed by atoms with Gasteiger partial charge in [-0.1, -0.05) is 27.7 Å². The molecule has 0 radical (unpaired) electrons. The summed E-state index contributed by atoms with van der Waals surface area (Å²) in [6, 6.07) is 5.94. The number of nitrogens with one attached hydrogen (secondary N) is 1. The molecule has 7 nitrogen and oxygen atoms in total. The zero-order valence-electron chi connectivity index (χ0n) is 17.7. The number of aryl methyl sites for hydroxylation is 2. The molecular formula is C21H17ClF4N5O2S+. The van der Waals surface area contributed by atoms with Crippen molar-refractivity contribution in [2.45, 2.75) is 18.1 Å². The lowest BCUT2D eigenvalue weighted by atomic mass is 10.1. The molecule has 0 amide bonds. The van der Waals surface area contributed by atoms with Crippen LogP contribution in [0.1, 0.15) is 17.0 Å². The molecule has 0 aliphatic carbocycles. The Morgan fingerprint density at radius 1 is 1.18 bits per heavy atom. The number of pyridine rings is 1. The fourth-order valence-electron chi connectivity index (χ4n) is 3.28. The van der Waals surface area contributed by atoms with Crippen LogP contribution in [0.5, 0.6) is 0 Å². The first-order valence-corrected chi connectivity index (χ1v) is 11.5. The quantitative estimate of drug-likeness (QED) is 0.381. The number of quaternary nitrogens is 1. The van der Waals surface area contributed by atoms with Crippen molar-refractivity contribution < 1.29 is 30.0 Å². The third-order valence-corrected chi connectivity index (χ3v) is 7.32. The van der Waals surface area contributed by atoms with Crippen LogP contribution in [0.2, 0.25) is 5.02 Å². The Labute approximate surface area is 197 Å². The van der Waals surface area contributed by atoms with E-state index in [1.165, 1.54) is 53.5 Å². The largest absolute Gasteiger partial charge is 0.418 e. The molecule has 1 unspecified atom stereocenters. The third-order valence-electron chi connectivity index (χ3n) is 5.18. The van der Waals surface area contributed by atoms with E-state index in [-0.39, 0.29) is 5.03 Å². The van der Waals surface area contributed by atoms with Crippen molar-refractivity contribution in [2.75, 3.05) is 5.43 Å². The molecule has 0 saturated carbocycles. The van der Waals surface area contributed by atoms with Gasteiger partial charge < -0.3 is 4.57 Å². The highest BCUT2D eigenvalue weighted by atomic mass is 35.5. The number of anilines is 1. The van der Waals surface area contributed by atoms with Crippen molar-refractivity contribution in [1.29, 1.82) is 0 Å². The van der Waals surface area contributed by atoms with Crippen LogP contribution in [0, 0.1) is 12.7 Å². The number of hydrogen-bond donors (Lipinski definition) is 1. The lowest BCUT2D eigenvalue weighted by molar-refractivity contribution is -0.663. The summed E-state index contributed by atoms with van der Waals surface area (Å²) in [6.07, 6.45) is 1.23. The third kappa shape index (κ3) is 4.19. The van der Waals surface area contributed by atoms with Crippen molar-refractivity contribution in [3.8, 4) is 0 Å². The van der Waals surface area contributed by atoms with Crippen LogP contribution in [0.4, 0.5) is 23.4 Å². The number of halogens is 5. The van der Waals surface area contributed by atoms with Gasteiger partial charge in [0.15, 0.2) is 5.82 Å². The normalized spacial score (nSPS) is 18.3. The first-order chi connectivity index (χ1) is 15.8. The number of imidazole rings is 1. The molecule has 1 N–H and O–H groups in total. The topological polar surface area (TPSA) is 76.9 Å². The SMILES string of the molecule is Cc1nc(S(=O)(=O)[N+]2(Nc3cc(C(F)(F)F)c(Cl)cn3)C=CC(c3ccc(F)cc3)=C2)cn1C. The molecule has 1 aliphatic heterocycles. The minimum Gasteiger partial charge on any atom is -0.337 e. The van der Waals surface area contributed by atoms with Gasteiger partial charge in [0.05, 0.1) is 10.6 Å². The Hall–Kier alpha value is -3.22. The summed E-state index contributed by atoms with van der Waals surface area (Å²) in [5, 5.41) is -0.946. The molecule has 0 saturated heterocycles. The van der Waals surface area contributed by atoms with Gasteiger partial charge in [-0.2, -0.15) is 27.0 Å². The first-order valence-electron chi connectivity index (χ1n) is 9.65. The second kappa shape index (κ2) is 8.22. The Bertz CT molecular complexity index is 1410. The summed E-state index contributed by atoms with van der Waals surface area (Å²) in [5.41, 5.74) is 2.26. The molecular weight excluding hydrogens is 498 g/mol. The molecule has 0 fully saturated rings. The fraction of sp³-hybridized carbons (Fsp3) is 0.143. The van der Waals surface area contributed by atoms with Crippen LogP contribution in [0.25, 0.3) is 5.57 Å². The Morgan fingerprint density at radius 2 is 1.85 bits per heavy atom. The van der Waals surface area contributed by atoms with Gasteiger partial charge in [0.2, 0.25) is 5.03 Å². The van der Waals surface area contributed by atoms with Gasteiger partial charge >= 0.3 is 16.2 Å². The highest BCUT2D eigenvalue weighted by molar-refractivity contribution is 7.86. The van der Waals surface area contributed by atoms with Gasteiger partial charge in [-0.05, 0) is 30.7 Å². The van der Waals surface area contributed by atoms with Crippen LogP contribution in [0.3, 0.4) is 0 Å². The highest BCUT2D eigenvalue weighted by Gasteiger charge is 2.47. The molecule has 13 heteroatoms. The number of alkyl halides is 3. The molecule has 178 valence electrons. The van der Waals surface area contributed by atoms with E-state index in [0.717, 1.165) is 6.20 Å². The van der Waals surface area contributed by atoms with E-state index in [1.807, 2.05) is 0 Å². The number of rotatable bonds is 5. The second-order valence-electron chi connectivity index (χ2n) is 7.49. The standard InChI is InChI=1S/C21H17ClF4N5O2S/c1-13-28-20(11-30(13)2)34(32,33)31(8-7-15(12-31)14-3-5-16(23)6-4-14)29-19-9-17(21(24,25)26)18(22)10-27-19/h3-12H,1-2H3,(H,27,29)/q+1. The van der Waals surface area contributed by atoms with Crippen molar-refractivity contribution in [2.24, 2.45) is 7.05 Å². The number of allylic oxidation sites excluding steroid dienone is 2. The number of sulfonamides is 1. The van der Waals surface area contributed by atoms with E-state index in [4.69, 9.17) is 11.6 Å². The summed E-state index contributed by atoms with van der Waals surface area (Å²) in [5.74, 6) is -0.465. The zero-order valence-corrected chi connectivity index (χ0v) is 19.2. The van der Waals surface area contributed by atoms with Crippen LogP contribution in [-0.4, -0.2) is 27.0 Å². The van der Waals surface area contributed by atoms with Crippen LogP contribution >= 0.6 is 11.6 Å². The Morgan fingerprint density at radius 3 is 2.44 bits per heavy atom. The zero-order chi connectivity index (χ0) is 24.9. The molecule has 1 atom stereocenters. The van der Waals surface area contributed by atoms with Crippen molar-refractivity contribution >= 4 is 33.0 Å². The number of nitrogens with zero attached hydrogens (tertiary/aromatic N) is 4. The van der Waals surface area contributed by atoms with Crippen LogP contribution < -0.4 is 5.43 Å². The number of benzene rings is 1. The van der Waals surface area contributed by atoms with Crippen molar-refractivity contribution in [3.63, 3.8) is 0 Å². The Kier molecular flexibility index (Phi) is 5.78. The van der Waals surface area contributed by atoms with Gasteiger partial charge in [-0.3, -0.25) is 0 Å². The summed E-state index contributed by atoms with van der Waals surface area (Å²) in [6.45, 7) is 1.60. The minimum absolute atomic E-state index is 0.314. The fourth-order valence-corrected chi connectivity index (χ4v) is 5.02. The van der Waals surface area contributed by atoms with E-state index >= 15 is 0 Å². The van der Waals surface area contributed by atoms with E-state index in [9.17, 15) is 26.0 Å². The van der Waals surface area contributed by atoms with E-state index in [1.54, 1.807) is 14.0 Å². The van der Waals surface area contributed by atoms with Crippen LogP contribution in [-0.2, 0) is 23.2 Å². The molecule has 34 heavy (non-hydrogen) atoms. The van der Waals surface area contributed by atoms with Gasteiger partial charge in [0, 0.05) is 31.1 Å². The van der Waals surface area contributed by atoms with Crippen molar-refractivity contribution in [1.82, 2.24) is 14.5 Å². The van der Waals surface area contributed by atoms with Crippen molar-refractivity contribution in [3.05, 3.63) is 89.0 Å². The second-order valence-corrected chi connectivity index (χ2v) is 9.87. The predicted octanol–water partition coefficient (Wildman–Crippen LogP) is 5.04. The smallest absolute Gasteiger partial charge is 0.337 e. The van der Waals surface area contributed by atoms with E-state index in [2.05, 4.69) is 15.4 Å². The van der Waals surface area contributed by atoms with Gasteiger partial charge in [0.25, 0.3) is 0 Å². The average molecular weight is 515 g/mol. The summed E-state index contributed by atoms with van der Waals surface area (Å²) in [4.78, 5) is 7.92. The molecule has 3 heterocycles. The lowest BCUT2D eigenvalue weighted by Gasteiger charge is -2.27. The predicted molar refractivity (Wildman–Crippen MR) is 117 cm³/mol.